The van der Waals surface area contributed by atoms with Crippen molar-refractivity contribution < 1.29 is 15.2 Å². The van der Waals surface area contributed by atoms with Crippen molar-refractivity contribution in [2.45, 2.75) is 13.1 Å². The van der Waals surface area contributed by atoms with E-state index >= 15 is 0 Å². The molecule has 0 bridgehead atoms. The molecule has 0 aliphatic carbocycles. The van der Waals surface area contributed by atoms with Crippen LogP contribution < -0.4 is 5.23 Å². The molecule has 7 heteroatoms. The first-order valence-electron chi connectivity index (χ1n) is 5.16. The average Bonchev–Trinajstić information content (AvgIpc) is 2.69. The van der Waals surface area contributed by atoms with Gasteiger partial charge in [-0.15, -0.1) is 10.3 Å². The van der Waals surface area contributed by atoms with Crippen molar-refractivity contribution >= 4 is 5.82 Å². The quantitative estimate of drug-likeness (QED) is 0.703. The van der Waals surface area contributed by atoms with Gasteiger partial charge in [0.05, 0.1) is 18.8 Å². The Hall–Kier alpha value is -1.15. The largest absolute Gasteiger partial charge is 0.383 e. The van der Waals surface area contributed by atoms with Crippen LogP contribution in [-0.2, 0) is 17.8 Å². The summed E-state index contributed by atoms with van der Waals surface area (Å²) in [6, 6.07) is 1.67. The Morgan fingerprint density at radius 1 is 1.50 bits per heavy atom. The van der Waals surface area contributed by atoms with Gasteiger partial charge in [-0.1, -0.05) is 0 Å². The predicted molar refractivity (Wildman–Crippen MR) is 55.4 cm³/mol. The molecule has 0 spiro atoms. The van der Waals surface area contributed by atoms with Crippen LogP contribution in [0.5, 0.6) is 0 Å². The van der Waals surface area contributed by atoms with Gasteiger partial charge in [-0.3, -0.25) is 20.0 Å². The van der Waals surface area contributed by atoms with Crippen LogP contribution in [0.15, 0.2) is 6.07 Å². The summed E-state index contributed by atoms with van der Waals surface area (Å²) in [5.74, 6) is 0.156. The lowest BCUT2D eigenvalue weighted by Gasteiger charge is -2.26. The van der Waals surface area contributed by atoms with Gasteiger partial charge in [-0.25, -0.2) is 0 Å². The van der Waals surface area contributed by atoms with Crippen LogP contribution >= 0.6 is 0 Å². The summed E-state index contributed by atoms with van der Waals surface area (Å²) < 4.78 is 6.81. The molecule has 0 saturated heterocycles. The molecular formula is C9H16N4O3. The highest BCUT2D eigenvalue weighted by Crippen LogP contribution is 2.17. The molecular weight excluding hydrogens is 212 g/mol. The van der Waals surface area contributed by atoms with E-state index in [4.69, 9.17) is 15.2 Å². The number of hydrogen-bond acceptors (Lipinski definition) is 6. The number of nitrogens with zero attached hydrogens (tertiary/aromatic N) is 4. The zero-order valence-corrected chi connectivity index (χ0v) is 9.20. The van der Waals surface area contributed by atoms with E-state index < -0.39 is 0 Å². The van der Waals surface area contributed by atoms with Crippen molar-refractivity contribution in [3.8, 4) is 0 Å². The van der Waals surface area contributed by atoms with E-state index in [0.717, 1.165) is 31.9 Å². The summed E-state index contributed by atoms with van der Waals surface area (Å²) in [4.78, 5) is 2.24. The second-order valence-electron chi connectivity index (χ2n) is 3.78. The number of anilines is 1. The highest BCUT2D eigenvalue weighted by Gasteiger charge is 2.19. The topological polar surface area (TPSA) is 74.0 Å². The molecule has 7 nitrogen and oxygen atoms in total. The maximum Gasteiger partial charge on any atom is 0.204 e. The van der Waals surface area contributed by atoms with Gasteiger partial charge >= 0.3 is 0 Å². The summed E-state index contributed by atoms with van der Waals surface area (Å²) in [5, 5.41) is 21.8. The fourth-order valence-corrected chi connectivity index (χ4v) is 1.81. The standard InChI is InChI=1S/C9H16N4O3/c1-16-5-4-11-2-3-12-8(7-11)6-9(10-12)13(14)15/h6,14-15H,2-5,7H2,1H3. The third kappa shape index (κ3) is 2.33. The Bertz CT molecular complexity index is 353. The number of ether oxygens (including phenoxy) is 1. The van der Waals surface area contributed by atoms with Gasteiger partial charge in [-0.2, -0.15) is 0 Å². The lowest BCUT2D eigenvalue weighted by atomic mass is 10.3. The third-order valence-electron chi connectivity index (χ3n) is 2.68. The molecule has 2 rings (SSSR count). The lowest BCUT2D eigenvalue weighted by Crippen LogP contribution is -2.35. The molecule has 16 heavy (non-hydrogen) atoms. The molecule has 0 amide bonds. The minimum Gasteiger partial charge on any atom is -0.383 e. The van der Waals surface area contributed by atoms with Gasteiger partial charge in [0, 0.05) is 32.8 Å². The molecule has 90 valence electrons. The zero-order chi connectivity index (χ0) is 11.5. The number of rotatable bonds is 4. The second kappa shape index (κ2) is 4.79. The molecule has 0 fully saturated rings. The Kier molecular flexibility index (Phi) is 3.39. The SMILES string of the molecule is COCCN1CCn2nc(N(O)O)cc2C1. The molecule has 0 aromatic carbocycles. The van der Waals surface area contributed by atoms with E-state index in [1.807, 2.05) is 0 Å². The smallest absolute Gasteiger partial charge is 0.204 e. The summed E-state index contributed by atoms with van der Waals surface area (Å²) in [7, 11) is 1.68. The van der Waals surface area contributed by atoms with Crippen molar-refractivity contribution in [2.75, 3.05) is 32.0 Å². The van der Waals surface area contributed by atoms with Gasteiger partial charge in [0.1, 0.15) is 0 Å². The number of hydrogen-bond donors (Lipinski definition) is 2. The van der Waals surface area contributed by atoms with E-state index in [0.29, 0.717) is 6.61 Å². The minimum absolute atomic E-state index is 0.0464. The van der Waals surface area contributed by atoms with E-state index in [2.05, 4.69) is 10.00 Å². The van der Waals surface area contributed by atoms with E-state index in [-0.39, 0.29) is 11.0 Å². The molecule has 1 aliphatic rings. The van der Waals surface area contributed by atoms with E-state index in [1.54, 1.807) is 17.9 Å². The van der Waals surface area contributed by atoms with Crippen LogP contribution in [0.1, 0.15) is 5.69 Å². The Morgan fingerprint density at radius 3 is 3.00 bits per heavy atom. The minimum atomic E-state index is 0.0464. The second-order valence-corrected chi connectivity index (χ2v) is 3.78. The summed E-state index contributed by atoms with van der Waals surface area (Å²) in [6.45, 7) is 3.98. The Labute approximate surface area is 93.4 Å². The van der Waals surface area contributed by atoms with Gasteiger partial charge in [0.25, 0.3) is 0 Å². The van der Waals surface area contributed by atoms with Crippen molar-refractivity contribution in [3.63, 3.8) is 0 Å². The van der Waals surface area contributed by atoms with Crippen molar-refractivity contribution in [1.29, 1.82) is 0 Å². The Morgan fingerprint density at radius 2 is 2.31 bits per heavy atom. The average molecular weight is 228 g/mol. The van der Waals surface area contributed by atoms with Gasteiger partial charge in [-0.05, 0) is 0 Å². The molecule has 0 radical (unpaired) electrons. The fraction of sp³-hybridized carbons (Fsp3) is 0.667. The third-order valence-corrected chi connectivity index (χ3v) is 2.68. The monoisotopic (exact) mass is 228 g/mol. The summed E-state index contributed by atoms with van der Waals surface area (Å²) >= 11 is 0. The predicted octanol–water partition coefficient (Wildman–Crippen LogP) is -0.0701. The summed E-state index contributed by atoms with van der Waals surface area (Å²) in [5.41, 5.74) is 0.977. The first kappa shape index (κ1) is 11.3. The van der Waals surface area contributed by atoms with Crippen LogP contribution in [0.2, 0.25) is 0 Å². The van der Waals surface area contributed by atoms with Crippen LogP contribution in [0.25, 0.3) is 0 Å². The van der Waals surface area contributed by atoms with Crippen LogP contribution in [0.3, 0.4) is 0 Å². The van der Waals surface area contributed by atoms with E-state index in [1.165, 1.54) is 0 Å². The molecule has 1 aromatic heterocycles. The first-order chi connectivity index (χ1) is 7.70. The maximum atomic E-state index is 8.86. The van der Waals surface area contributed by atoms with Crippen molar-refractivity contribution in [2.24, 2.45) is 0 Å². The molecule has 1 aromatic rings. The van der Waals surface area contributed by atoms with Crippen LogP contribution in [-0.4, -0.2) is 51.9 Å². The van der Waals surface area contributed by atoms with Gasteiger partial charge < -0.3 is 4.74 Å². The number of aromatic nitrogens is 2. The zero-order valence-electron chi connectivity index (χ0n) is 9.20. The molecule has 0 unspecified atom stereocenters. The van der Waals surface area contributed by atoms with Crippen molar-refractivity contribution in [3.05, 3.63) is 11.8 Å². The fourth-order valence-electron chi connectivity index (χ4n) is 1.81. The van der Waals surface area contributed by atoms with E-state index in [9.17, 15) is 0 Å². The highest BCUT2D eigenvalue weighted by molar-refractivity contribution is 5.33. The number of methoxy groups -OCH3 is 1. The van der Waals surface area contributed by atoms with Crippen molar-refractivity contribution in [1.82, 2.24) is 14.7 Å². The molecule has 2 N–H and O–H groups in total. The lowest BCUT2D eigenvalue weighted by molar-refractivity contribution is 0.0264. The summed E-state index contributed by atoms with van der Waals surface area (Å²) in [6.07, 6.45) is 0. The van der Waals surface area contributed by atoms with Gasteiger partial charge in [0.2, 0.25) is 5.82 Å². The van der Waals surface area contributed by atoms with Crippen LogP contribution in [0.4, 0.5) is 5.82 Å². The van der Waals surface area contributed by atoms with Crippen LogP contribution in [0, 0.1) is 0 Å². The highest BCUT2D eigenvalue weighted by atomic mass is 16.8. The molecule has 2 heterocycles. The number of fused-ring (bicyclic) bond motifs is 1. The molecule has 0 atom stereocenters. The molecule has 0 saturated carbocycles. The molecule has 1 aliphatic heterocycles. The maximum absolute atomic E-state index is 8.86. The Balaban J connectivity index is 2.02. The van der Waals surface area contributed by atoms with Gasteiger partial charge in [0.15, 0.2) is 0 Å². The first-order valence-corrected chi connectivity index (χ1v) is 5.16. The normalized spacial score (nSPS) is 16.2.